The van der Waals surface area contributed by atoms with Crippen molar-refractivity contribution in [1.29, 1.82) is 0 Å². The Balaban J connectivity index is 0.970. The van der Waals surface area contributed by atoms with Crippen LogP contribution >= 0.6 is 0 Å². The Bertz CT molecular complexity index is 3600. The van der Waals surface area contributed by atoms with E-state index in [-0.39, 0.29) is 0 Å². The summed E-state index contributed by atoms with van der Waals surface area (Å²) < 4.78 is 2.44. The summed E-state index contributed by atoms with van der Waals surface area (Å²) in [5.41, 5.74) is 14.0. The van der Waals surface area contributed by atoms with Crippen LogP contribution in [0.5, 0.6) is 0 Å². The first kappa shape index (κ1) is 35.7. The van der Waals surface area contributed by atoms with Gasteiger partial charge in [-0.2, -0.15) is 0 Å². The molecular weight excluding hydrogens is 749 g/mol. The van der Waals surface area contributed by atoms with Gasteiger partial charge in [-0.15, -0.1) is 0 Å². The third-order valence-corrected chi connectivity index (χ3v) is 12.6. The van der Waals surface area contributed by atoms with E-state index in [9.17, 15) is 0 Å². The molecule has 0 aliphatic rings. The largest absolute Gasteiger partial charge is 0.310 e. The molecule has 2 heteroatoms. The van der Waals surface area contributed by atoms with Gasteiger partial charge in [-0.25, -0.2) is 0 Å². The van der Waals surface area contributed by atoms with Crippen LogP contribution in [-0.4, -0.2) is 4.57 Å². The molecule has 12 aromatic rings. The fourth-order valence-electron chi connectivity index (χ4n) is 9.55. The minimum absolute atomic E-state index is 1.09. The molecule has 62 heavy (non-hydrogen) atoms. The number of rotatable bonds is 7. The smallest absolute Gasteiger partial charge is 0.0619 e. The number of hydrogen-bond donors (Lipinski definition) is 0. The second-order valence-electron chi connectivity index (χ2n) is 16.1. The molecule has 0 radical (unpaired) electrons. The van der Waals surface area contributed by atoms with Gasteiger partial charge in [-0.3, -0.25) is 0 Å². The number of fused-ring (bicyclic) bond motifs is 8. The van der Waals surface area contributed by atoms with E-state index in [1.807, 2.05) is 0 Å². The Hall–Kier alpha value is -8.20. The van der Waals surface area contributed by atoms with Gasteiger partial charge in [0, 0.05) is 38.8 Å². The first-order valence-electron chi connectivity index (χ1n) is 21.3. The van der Waals surface area contributed by atoms with Crippen LogP contribution in [-0.2, 0) is 0 Å². The number of aromatic nitrogens is 1. The van der Waals surface area contributed by atoms with Crippen LogP contribution in [0.4, 0.5) is 17.1 Å². The first-order valence-corrected chi connectivity index (χ1v) is 21.3. The van der Waals surface area contributed by atoms with Gasteiger partial charge in [0.2, 0.25) is 0 Å². The average molecular weight is 789 g/mol. The molecule has 0 fully saturated rings. The van der Waals surface area contributed by atoms with Gasteiger partial charge in [0.25, 0.3) is 0 Å². The molecule has 12 rings (SSSR count). The topological polar surface area (TPSA) is 8.17 Å². The number of nitrogens with zero attached hydrogens (tertiary/aromatic N) is 2. The molecule has 0 saturated heterocycles. The summed E-state index contributed by atoms with van der Waals surface area (Å²) in [4.78, 5) is 2.39. The summed E-state index contributed by atoms with van der Waals surface area (Å²) in [5.74, 6) is 0. The van der Waals surface area contributed by atoms with Crippen molar-refractivity contribution in [3.05, 3.63) is 243 Å². The van der Waals surface area contributed by atoms with Crippen LogP contribution in [0, 0.1) is 0 Å². The number of anilines is 3. The second kappa shape index (κ2) is 14.8. The van der Waals surface area contributed by atoms with E-state index in [2.05, 4.69) is 252 Å². The van der Waals surface area contributed by atoms with Gasteiger partial charge >= 0.3 is 0 Å². The van der Waals surface area contributed by atoms with Crippen molar-refractivity contribution < 1.29 is 0 Å². The molecule has 0 amide bonds. The lowest BCUT2D eigenvalue weighted by Gasteiger charge is -2.28. The van der Waals surface area contributed by atoms with Crippen LogP contribution in [0.25, 0.3) is 93.2 Å². The van der Waals surface area contributed by atoms with E-state index < -0.39 is 0 Å². The molecule has 0 aliphatic heterocycles. The summed E-state index contributed by atoms with van der Waals surface area (Å²) in [6.45, 7) is 0. The maximum atomic E-state index is 2.44. The average Bonchev–Trinajstić information content (AvgIpc) is 3.69. The third kappa shape index (κ3) is 6.04. The maximum absolute atomic E-state index is 2.44. The third-order valence-electron chi connectivity index (χ3n) is 12.6. The van der Waals surface area contributed by atoms with Crippen molar-refractivity contribution >= 4 is 71.2 Å². The normalized spacial score (nSPS) is 11.5. The summed E-state index contributed by atoms with van der Waals surface area (Å²) >= 11 is 0. The molecule has 11 aromatic carbocycles. The van der Waals surface area contributed by atoms with Gasteiger partial charge in [0.05, 0.1) is 16.7 Å². The summed E-state index contributed by atoms with van der Waals surface area (Å²) in [6.07, 6.45) is 0. The SMILES string of the molecule is c1ccc(-c2ccccc2N(c2ccc(-c3ccc4ccc5ccccc5c4c3)cc2)c2ccc(-c3ccc4c5ccc6ccccc6c5n(-c5ccccc5)c4c3)cc2)cc1. The fraction of sp³-hybridized carbons (Fsp3) is 0. The quantitative estimate of drug-likeness (QED) is 0.146. The van der Waals surface area contributed by atoms with Gasteiger partial charge in [-0.05, 0) is 109 Å². The molecule has 1 heterocycles. The molecular formula is C60H40N2. The highest BCUT2D eigenvalue weighted by atomic mass is 15.1. The highest BCUT2D eigenvalue weighted by molar-refractivity contribution is 6.19. The summed E-state index contributed by atoms with van der Waals surface area (Å²) in [7, 11) is 0. The zero-order chi connectivity index (χ0) is 41.0. The maximum Gasteiger partial charge on any atom is 0.0619 e. The predicted octanol–water partition coefficient (Wildman–Crippen LogP) is 16.7. The van der Waals surface area contributed by atoms with E-state index in [1.165, 1.54) is 87.5 Å². The lowest BCUT2D eigenvalue weighted by Crippen LogP contribution is -2.11. The summed E-state index contributed by atoms with van der Waals surface area (Å²) in [6, 6.07) is 88.4. The monoisotopic (exact) mass is 788 g/mol. The van der Waals surface area contributed by atoms with Crippen molar-refractivity contribution in [3.63, 3.8) is 0 Å². The Morgan fingerprint density at radius 1 is 0.290 bits per heavy atom. The first-order chi connectivity index (χ1) is 30.7. The molecule has 0 aliphatic carbocycles. The molecule has 290 valence electrons. The molecule has 0 atom stereocenters. The Kier molecular flexibility index (Phi) is 8.53. The highest BCUT2D eigenvalue weighted by Gasteiger charge is 2.19. The number of benzene rings is 11. The highest BCUT2D eigenvalue weighted by Crippen LogP contribution is 2.43. The minimum Gasteiger partial charge on any atom is -0.310 e. The van der Waals surface area contributed by atoms with Crippen LogP contribution in [0.1, 0.15) is 0 Å². The fourth-order valence-corrected chi connectivity index (χ4v) is 9.55. The predicted molar refractivity (Wildman–Crippen MR) is 264 cm³/mol. The van der Waals surface area contributed by atoms with E-state index in [0.717, 1.165) is 22.7 Å². The molecule has 1 aromatic heterocycles. The lowest BCUT2D eigenvalue weighted by molar-refractivity contribution is 1.19. The molecule has 2 nitrogen and oxygen atoms in total. The molecule has 0 saturated carbocycles. The van der Waals surface area contributed by atoms with E-state index in [4.69, 9.17) is 0 Å². The van der Waals surface area contributed by atoms with E-state index in [1.54, 1.807) is 0 Å². The number of hydrogen-bond acceptors (Lipinski definition) is 1. The van der Waals surface area contributed by atoms with Gasteiger partial charge in [0.15, 0.2) is 0 Å². The summed E-state index contributed by atoms with van der Waals surface area (Å²) in [5, 5.41) is 10.1. The van der Waals surface area contributed by atoms with Crippen molar-refractivity contribution in [2.45, 2.75) is 0 Å². The van der Waals surface area contributed by atoms with E-state index >= 15 is 0 Å². The van der Waals surface area contributed by atoms with Gasteiger partial charge < -0.3 is 9.47 Å². The van der Waals surface area contributed by atoms with Crippen molar-refractivity contribution in [1.82, 2.24) is 4.57 Å². The Morgan fingerprint density at radius 3 is 1.52 bits per heavy atom. The van der Waals surface area contributed by atoms with Gasteiger partial charge in [0.1, 0.15) is 0 Å². The molecule has 0 N–H and O–H groups in total. The van der Waals surface area contributed by atoms with Crippen LogP contribution in [0.3, 0.4) is 0 Å². The Morgan fingerprint density at radius 2 is 0.790 bits per heavy atom. The minimum atomic E-state index is 1.09. The standard InChI is InChI=1S/C60H40N2/c1-3-13-43(14-4-1)53-20-11-12-22-58(53)61(50-33-27-41(28-34-50)47-26-25-46-24-23-44-15-7-9-19-52(44)57(46)39-47)51-35-29-42(30-36-51)48-32-37-55-56-38-31-45-16-8-10-21-54(45)60(56)62(59(55)40-48)49-17-5-2-6-18-49/h1-40H. The zero-order valence-corrected chi connectivity index (χ0v) is 34.0. The van der Waals surface area contributed by atoms with Crippen LogP contribution in [0.2, 0.25) is 0 Å². The number of para-hydroxylation sites is 2. The molecule has 0 spiro atoms. The lowest BCUT2D eigenvalue weighted by atomic mass is 9.97. The molecule has 0 unspecified atom stereocenters. The zero-order valence-electron chi connectivity index (χ0n) is 34.0. The second-order valence-corrected chi connectivity index (χ2v) is 16.1. The van der Waals surface area contributed by atoms with Gasteiger partial charge in [-0.1, -0.05) is 188 Å². The van der Waals surface area contributed by atoms with Crippen LogP contribution < -0.4 is 4.90 Å². The van der Waals surface area contributed by atoms with Crippen LogP contribution in [0.15, 0.2) is 243 Å². The van der Waals surface area contributed by atoms with Crippen molar-refractivity contribution in [2.75, 3.05) is 4.90 Å². The van der Waals surface area contributed by atoms with Crippen molar-refractivity contribution in [2.24, 2.45) is 0 Å². The molecule has 0 bridgehead atoms. The van der Waals surface area contributed by atoms with Crippen molar-refractivity contribution in [3.8, 4) is 39.1 Å². The Labute approximate surface area is 360 Å². The van der Waals surface area contributed by atoms with E-state index in [0.29, 0.717) is 0 Å².